The summed E-state index contributed by atoms with van der Waals surface area (Å²) in [4.78, 5) is 0. The molecule has 0 saturated carbocycles. The second-order valence-corrected chi connectivity index (χ2v) is 8.02. The van der Waals surface area contributed by atoms with Crippen molar-refractivity contribution in [1.82, 2.24) is 0 Å². The smallest absolute Gasteiger partial charge is 0.172 e. The van der Waals surface area contributed by atoms with Crippen LogP contribution in [0.2, 0.25) is 5.02 Å². The minimum Gasteiger partial charge on any atom is -0.309 e. The summed E-state index contributed by atoms with van der Waals surface area (Å²) in [5, 5.41) is 1.89. The molecule has 0 amide bonds. The van der Waals surface area contributed by atoms with E-state index in [9.17, 15) is 8.96 Å². The molecule has 0 unspecified atom stereocenters. The summed E-state index contributed by atoms with van der Waals surface area (Å²) < 4.78 is 27.7. The molecular formula is C18H13ClFOP. The summed E-state index contributed by atoms with van der Waals surface area (Å²) in [6.45, 7) is 0. The van der Waals surface area contributed by atoms with Crippen LogP contribution in [0.5, 0.6) is 0 Å². The topological polar surface area (TPSA) is 17.1 Å². The van der Waals surface area contributed by atoms with Crippen LogP contribution in [0.25, 0.3) is 0 Å². The molecule has 0 heterocycles. The van der Waals surface area contributed by atoms with Gasteiger partial charge in [-0.2, -0.15) is 0 Å². The minimum atomic E-state index is -3.21. The van der Waals surface area contributed by atoms with Gasteiger partial charge in [-0.3, -0.25) is 0 Å². The molecule has 0 aliphatic rings. The van der Waals surface area contributed by atoms with Crippen molar-refractivity contribution in [3.05, 3.63) is 89.7 Å². The number of halogens is 2. The summed E-state index contributed by atoms with van der Waals surface area (Å²) in [5.41, 5.74) is 0. The average molecular weight is 331 g/mol. The molecule has 110 valence electrons. The number of hydrogen-bond acceptors (Lipinski definition) is 1. The van der Waals surface area contributed by atoms with Crippen molar-refractivity contribution in [1.29, 1.82) is 0 Å². The first-order valence-electron chi connectivity index (χ1n) is 6.79. The second kappa shape index (κ2) is 6.08. The molecule has 4 heteroatoms. The highest BCUT2D eigenvalue weighted by Crippen LogP contribution is 2.44. The van der Waals surface area contributed by atoms with E-state index >= 15 is 0 Å². The quantitative estimate of drug-likeness (QED) is 0.660. The number of rotatable bonds is 3. The van der Waals surface area contributed by atoms with Crippen LogP contribution in [0.1, 0.15) is 0 Å². The van der Waals surface area contributed by atoms with Gasteiger partial charge in [0.1, 0.15) is 5.82 Å². The zero-order valence-electron chi connectivity index (χ0n) is 11.6. The Morgan fingerprint density at radius 1 is 0.773 bits per heavy atom. The fourth-order valence-corrected chi connectivity index (χ4v) is 5.62. The second-order valence-electron chi connectivity index (χ2n) is 4.88. The third kappa shape index (κ3) is 2.61. The molecule has 0 aromatic heterocycles. The van der Waals surface area contributed by atoms with E-state index in [0.29, 0.717) is 20.9 Å². The lowest BCUT2D eigenvalue weighted by Crippen LogP contribution is -2.26. The maximum Gasteiger partial charge on any atom is 0.172 e. The van der Waals surface area contributed by atoms with Gasteiger partial charge in [-0.25, -0.2) is 4.39 Å². The summed E-state index contributed by atoms with van der Waals surface area (Å²) in [5.74, 6) is -0.452. The highest BCUT2D eigenvalue weighted by molar-refractivity contribution is 7.85. The Hall–Kier alpha value is -1.89. The van der Waals surface area contributed by atoms with Gasteiger partial charge in [-0.1, -0.05) is 72.3 Å². The van der Waals surface area contributed by atoms with Gasteiger partial charge < -0.3 is 4.57 Å². The van der Waals surface area contributed by atoms with Gasteiger partial charge in [0.25, 0.3) is 0 Å². The van der Waals surface area contributed by atoms with E-state index in [1.807, 2.05) is 36.4 Å². The first-order chi connectivity index (χ1) is 10.6. The van der Waals surface area contributed by atoms with E-state index in [1.165, 1.54) is 18.2 Å². The van der Waals surface area contributed by atoms with E-state index < -0.39 is 13.0 Å². The van der Waals surface area contributed by atoms with Gasteiger partial charge in [0.05, 0.1) is 5.02 Å². The Kier molecular flexibility index (Phi) is 4.15. The molecule has 0 atom stereocenters. The monoisotopic (exact) mass is 330 g/mol. The van der Waals surface area contributed by atoms with Gasteiger partial charge in [-0.05, 0) is 18.2 Å². The van der Waals surface area contributed by atoms with Crippen molar-refractivity contribution in [3.8, 4) is 0 Å². The number of benzene rings is 3. The fourth-order valence-electron chi connectivity index (χ4n) is 2.43. The van der Waals surface area contributed by atoms with Crippen molar-refractivity contribution in [2.24, 2.45) is 0 Å². The van der Waals surface area contributed by atoms with Crippen LogP contribution in [0.3, 0.4) is 0 Å². The first kappa shape index (κ1) is 15.0. The standard InChI is InChI=1S/C18H13ClFOP/c19-17-12-11-14(20)13-18(17)22(21,15-7-3-1-4-8-15)16-9-5-2-6-10-16/h1-13H. The molecule has 22 heavy (non-hydrogen) atoms. The van der Waals surface area contributed by atoms with Gasteiger partial charge in [0.2, 0.25) is 0 Å². The maximum absolute atomic E-state index is 13.9. The lowest BCUT2D eigenvalue weighted by atomic mass is 10.3. The van der Waals surface area contributed by atoms with Crippen molar-refractivity contribution >= 4 is 34.7 Å². The van der Waals surface area contributed by atoms with E-state index in [2.05, 4.69) is 0 Å². The normalized spacial score (nSPS) is 11.4. The largest absolute Gasteiger partial charge is 0.309 e. The molecule has 0 radical (unpaired) electrons. The summed E-state index contributed by atoms with van der Waals surface area (Å²) in [6, 6.07) is 22.1. The van der Waals surface area contributed by atoms with E-state index in [0.717, 1.165) is 0 Å². The Bertz CT molecular complexity index is 791. The molecule has 0 N–H and O–H groups in total. The third-order valence-corrected chi connectivity index (χ3v) is 7.05. The molecular weight excluding hydrogens is 318 g/mol. The summed E-state index contributed by atoms with van der Waals surface area (Å²) >= 11 is 6.24. The zero-order valence-corrected chi connectivity index (χ0v) is 13.3. The lowest BCUT2D eigenvalue weighted by molar-refractivity contribution is 0.591. The molecule has 0 fully saturated rings. The average Bonchev–Trinajstić information content (AvgIpc) is 2.58. The van der Waals surface area contributed by atoms with Gasteiger partial charge >= 0.3 is 0 Å². The molecule has 3 aromatic carbocycles. The molecule has 3 rings (SSSR count). The third-order valence-electron chi connectivity index (χ3n) is 3.49. The lowest BCUT2D eigenvalue weighted by Gasteiger charge is -2.21. The SMILES string of the molecule is O=P(c1ccccc1)(c1ccccc1)c1cc(F)ccc1Cl. The van der Waals surface area contributed by atoms with Crippen molar-refractivity contribution in [3.63, 3.8) is 0 Å². The van der Waals surface area contributed by atoms with Crippen molar-refractivity contribution in [2.45, 2.75) is 0 Å². The van der Waals surface area contributed by atoms with Crippen LogP contribution < -0.4 is 15.9 Å². The van der Waals surface area contributed by atoms with Crippen molar-refractivity contribution < 1.29 is 8.96 Å². The number of hydrogen-bond donors (Lipinski definition) is 0. The molecule has 3 aromatic rings. The van der Waals surface area contributed by atoms with Gasteiger partial charge in [0.15, 0.2) is 7.14 Å². The van der Waals surface area contributed by atoms with E-state index in [4.69, 9.17) is 11.6 Å². The molecule has 0 spiro atoms. The maximum atomic E-state index is 13.9. The highest BCUT2D eigenvalue weighted by atomic mass is 35.5. The Labute approximate surface area is 133 Å². The Balaban J connectivity index is 2.34. The predicted octanol–water partition coefficient (Wildman–Crippen LogP) is 4.12. The summed E-state index contributed by atoms with van der Waals surface area (Å²) in [7, 11) is -3.21. The highest BCUT2D eigenvalue weighted by Gasteiger charge is 2.31. The van der Waals surface area contributed by atoms with Gasteiger partial charge in [-0.15, -0.1) is 0 Å². The van der Waals surface area contributed by atoms with Crippen LogP contribution in [0.4, 0.5) is 4.39 Å². The van der Waals surface area contributed by atoms with Crippen LogP contribution >= 0.6 is 18.7 Å². The summed E-state index contributed by atoms with van der Waals surface area (Å²) in [6.07, 6.45) is 0. The molecule has 0 aliphatic carbocycles. The van der Waals surface area contributed by atoms with Crippen molar-refractivity contribution in [2.75, 3.05) is 0 Å². The van der Waals surface area contributed by atoms with E-state index in [1.54, 1.807) is 24.3 Å². The Morgan fingerprint density at radius 3 is 1.77 bits per heavy atom. The van der Waals surface area contributed by atoms with Crippen LogP contribution in [-0.2, 0) is 4.57 Å². The minimum absolute atomic E-state index is 0.303. The van der Waals surface area contributed by atoms with E-state index in [-0.39, 0.29) is 0 Å². The predicted molar refractivity (Wildman–Crippen MR) is 90.8 cm³/mol. The molecule has 0 aliphatic heterocycles. The fraction of sp³-hybridized carbons (Fsp3) is 0. The van der Waals surface area contributed by atoms with Crippen LogP contribution in [0.15, 0.2) is 78.9 Å². The zero-order chi connectivity index (χ0) is 15.6. The molecule has 0 saturated heterocycles. The first-order valence-corrected chi connectivity index (χ1v) is 8.88. The molecule has 1 nitrogen and oxygen atoms in total. The Morgan fingerprint density at radius 2 is 1.27 bits per heavy atom. The van der Waals surface area contributed by atoms with Crippen LogP contribution in [0, 0.1) is 5.82 Å². The van der Waals surface area contributed by atoms with Crippen LogP contribution in [-0.4, -0.2) is 0 Å². The molecule has 0 bridgehead atoms. The van der Waals surface area contributed by atoms with Gasteiger partial charge in [0, 0.05) is 15.9 Å².